The maximum Gasteiger partial charge on any atom is 0.0174 e. The van der Waals surface area contributed by atoms with Gasteiger partial charge in [-0.25, -0.2) is 0 Å². The Morgan fingerprint density at radius 3 is 2.46 bits per heavy atom. The predicted molar refractivity (Wildman–Crippen MR) is 63.3 cm³/mol. The van der Waals surface area contributed by atoms with E-state index in [0.29, 0.717) is 0 Å². The third-order valence-electron chi connectivity index (χ3n) is 3.71. The van der Waals surface area contributed by atoms with E-state index in [0.717, 1.165) is 22.6 Å². The van der Waals surface area contributed by atoms with Gasteiger partial charge >= 0.3 is 0 Å². The summed E-state index contributed by atoms with van der Waals surface area (Å²) < 4.78 is 0. The standard InChI is InChI=1S/C12H23Br/c1-4-5-12(13)11-7-6-9(2)10(3)8-11/h9-12H,4-8H2,1-3H3. The van der Waals surface area contributed by atoms with Gasteiger partial charge in [-0.05, 0) is 37.0 Å². The number of rotatable bonds is 3. The molecule has 0 amide bonds. The average molecular weight is 247 g/mol. The van der Waals surface area contributed by atoms with Crippen LogP contribution >= 0.6 is 15.9 Å². The molecule has 1 rings (SSSR count). The van der Waals surface area contributed by atoms with E-state index in [1.54, 1.807) is 0 Å². The van der Waals surface area contributed by atoms with Crippen molar-refractivity contribution in [1.29, 1.82) is 0 Å². The maximum absolute atomic E-state index is 3.85. The first kappa shape index (κ1) is 11.6. The molecule has 1 heteroatoms. The molecule has 0 spiro atoms. The smallest absolute Gasteiger partial charge is 0.0174 e. The summed E-state index contributed by atoms with van der Waals surface area (Å²) in [6.07, 6.45) is 7.00. The minimum absolute atomic E-state index is 0.785. The van der Waals surface area contributed by atoms with Gasteiger partial charge in [0.2, 0.25) is 0 Å². The maximum atomic E-state index is 3.85. The van der Waals surface area contributed by atoms with Crippen LogP contribution in [-0.2, 0) is 0 Å². The molecule has 0 nitrogen and oxygen atoms in total. The first-order chi connectivity index (χ1) is 6.15. The molecule has 0 saturated heterocycles. The quantitative estimate of drug-likeness (QED) is 0.638. The summed E-state index contributed by atoms with van der Waals surface area (Å²) in [7, 11) is 0. The normalized spacial score (nSPS) is 37.4. The second-order valence-electron chi connectivity index (χ2n) is 4.83. The summed E-state index contributed by atoms with van der Waals surface area (Å²) in [5, 5.41) is 0. The molecule has 13 heavy (non-hydrogen) atoms. The second-order valence-corrected chi connectivity index (χ2v) is 6.01. The van der Waals surface area contributed by atoms with Crippen molar-refractivity contribution < 1.29 is 0 Å². The highest BCUT2D eigenvalue weighted by atomic mass is 79.9. The van der Waals surface area contributed by atoms with Gasteiger partial charge in [-0.2, -0.15) is 0 Å². The van der Waals surface area contributed by atoms with Crippen molar-refractivity contribution in [2.75, 3.05) is 0 Å². The van der Waals surface area contributed by atoms with Gasteiger partial charge in [0.05, 0.1) is 0 Å². The van der Waals surface area contributed by atoms with Crippen LogP contribution in [0.25, 0.3) is 0 Å². The van der Waals surface area contributed by atoms with Crippen LogP contribution in [0.3, 0.4) is 0 Å². The van der Waals surface area contributed by atoms with Crippen molar-refractivity contribution in [2.45, 2.75) is 57.7 Å². The van der Waals surface area contributed by atoms with E-state index in [-0.39, 0.29) is 0 Å². The molecule has 78 valence electrons. The largest absolute Gasteiger partial charge is 0.0888 e. The van der Waals surface area contributed by atoms with E-state index in [4.69, 9.17) is 0 Å². The number of hydrogen-bond donors (Lipinski definition) is 0. The van der Waals surface area contributed by atoms with E-state index in [2.05, 4.69) is 36.7 Å². The first-order valence-electron chi connectivity index (χ1n) is 5.79. The fourth-order valence-corrected chi connectivity index (χ4v) is 3.37. The molecule has 1 fully saturated rings. The Labute approximate surface area is 91.6 Å². The molecule has 0 N–H and O–H groups in total. The van der Waals surface area contributed by atoms with Crippen molar-refractivity contribution in [3.63, 3.8) is 0 Å². The van der Waals surface area contributed by atoms with Crippen LogP contribution in [0.1, 0.15) is 52.9 Å². The van der Waals surface area contributed by atoms with Gasteiger partial charge in [0, 0.05) is 4.83 Å². The van der Waals surface area contributed by atoms with Crippen LogP contribution in [0, 0.1) is 17.8 Å². The van der Waals surface area contributed by atoms with Gasteiger partial charge in [-0.15, -0.1) is 0 Å². The summed E-state index contributed by atoms with van der Waals surface area (Å²) in [6, 6.07) is 0. The van der Waals surface area contributed by atoms with Crippen LogP contribution in [-0.4, -0.2) is 4.83 Å². The number of halogens is 1. The molecule has 0 aromatic rings. The average Bonchev–Trinajstić information content (AvgIpc) is 2.10. The Bertz CT molecular complexity index is 144. The van der Waals surface area contributed by atoms with E-state index in [9.17, 15) is 0 Å². The predicted octanol–water partition coefficient (Wildman–Crippen LogP) is 4.62. The zero-order valence-corrected chi connectivity index (χ0v) is 10.8. The summed E-state index contributed by atoms with van der Waals surface area (Å²) in [5.41, 5.74) is 0. The van der Waals surface area contributed by atoms with Gasteiger partial charge in [-0.1, -0.05) is 49.5 Å². The van der Waals surface area contributed by atoms with Crippen molar-refractivity contribution in [2.24, 2.45) is 17.8 Å². The Kier molecular flexibility index (Phi) is 4.78. The number of alkyl halides is 1. The summed E-state index contributed by atoms with van der Waals surface area (Å²) in [4.78, 5) is 0.785. The van der Waals surface area contributed by atoms with Crippen LogP contribution < -0.4 is 0 Å². The molecule has 1 aliphatic carbocycles. The van der Waals surface area contributed by atoms with E-state index >= 15 is 0 Å². The summed E-state index contributed by atoms with van der Waals surface area (Å²) in [5.74, 6) is 2.85. The fraction of sp³-hybridized carbons (Fsp3) is 1.00. The Morgan fingerprint density at radius 1 is 1.23 bits per heavy atom. The van der Waals surface area contributed by atoms with E-state index < -0.39 is 0 Å². The summed E-state index contributed by atoms with van der Waals surface area (Å²) >= 11 is 3.85. The van der Waals surface area contributed by atoms with Gasteiger partial charge < -0.3 is 0 Å². The lowest BCUT2D eigenvalue weighted by Crippen LogP contribution is -2.26. The molecule has 0 aromatic heterocycles. The zero-order chi connectivity index (χ0) is 9.84. The van der Waals surface area contributed by atoms with Crippen LogP contribution in [0.2, 0.25) is 0 Å². The Hall–Kier alpha value is 0.480. The molecule has 0 aliphatic heterocycles. The molecule has 4 unspecified atom stereocenters. The van der Waals surface area contributed by atoms with Gasteiger partial charge in [0.1, 0.15) is 0 Å². The molecule has 0 aromatic carbocycles. The van der Waals surface area contributed by atoms with Crippen molar-refractivity contribution in [1.82, 2.24) is 0 Å². The molecule has 0 radical (unpaired) electrons. The Balaban J connectivity index is 2.36. The molecular formula is C12H23Br. The second kappa shape index (κ2) is 5.38. The third kappa shape index (κ3) is 3.27. The highest BCUT2D eigenvalue weighted by Crippen LogP contribution is 2.38. The van der Waals surface area contributed by atoms with E-state index in [1.165, 1.54) is 32.1 Å². The van der Waals surface area contributed by atoms with E-state index in [1.807, 2.05) is 0 Å². The van der Waals surface area contributed by atoms with Crippen molar-refractivity contribution in [3.8, 4) is 0 Å². The number of hydrogen-bond acceptors (Lipinski definition) is 0. The van der Waals surface area contributed by atoms with Crippen molar-refractivity contribution in [3.05, 3.63) is 0 Å². The molecule has 0 heterocycles. The molecular weight excluding hydrogens is 224 g/mol. The lowest BCUT2D eigenvalue weighted by atomic mass is 9.74. The highest BCUT2D eigenvalue weighted by Gasteiger charge is 2.28. The summed E-state index contributed by atoms with van der Waals surface area (Å²) in [6.45, 7) is 7.11. The third-order valence-corrected chi connectivity index (χ3v) is 4.92. The first-order valence-corrected chi connectivity index (χ1v) is 6.70. The van der Waals surface area contributed by atoms with Crippen molar-refractivity contribution >= 4 is 15.9 Å². The van der Waals surface area contributed by atoms with Gasteiger partial charge in [0.15, 0.2) is 0 Å². The fourth-order valence-electron chi connectivity index (χ4n) is 2.43. The van der Waals surface area contributed by atoms with Gasteiger partial charge in [-0.3, -0.25) is 0 Å². The Morgan fingerprint density at radius 2 is 1.92 bits per heavy atom. The highest BCUT2D eigenvalue weighted by molar-refractivity contribution is 9.09. The van der Waals surface area contributed by atoms with Crippen LogP contribution in [0.15, 0.2) is 0 Å². The zero-order valence-electron chi connectivity index (χ0n) is 9.22. The van der Waals surface area contributed by atoms with Gasteiger partial charge in [0.25, 0.3) is 0 Å². The minimum Gasteiger partial charge on any atom is -0.0888 e. The minimum atomic E-state index is 0.785. The van der Waals surface area contributed by atoms with Crippen LogP contribution in [0.5, 0.6) is 0 Å². The lowest BCUT2D eigenvalue weighted by molar-refractivity contribution is 0.204. The molecule has 0 bridgehead atoms. The monoisotopic (exact) mass is 246 g/mol. The van der Waals surface area contributed by atoms with Crippen LogP contribution in [0.4, 0.5) is 0 Å². The molecule has 4 atom stereocenters. The molecule has 1 saturated carbocycles. The molecule has 1 aliphatic rings. The topological polar surface area (TPSA) is 0 Å². The SMILES string of the molecule is CCCC(Br)C1CCC(C)C(C)C1. The lowest BCUT2D eigenvalue weighted by Gasteiger charge is -2.34.